The van der Waals surface area contributed by atoms with Crippen LogP contribution in [0.2, 0.25) is 0 Å². The molecule has 31 heavy (non-hydrogen) atoms. The molecule has 0 fully saturated rings. The fraction of sp³-hybridized carbons (Fsp3) is 0.333. The maximum atomic E-state index is 13.2. The summed E-state index contributed by atoms with van der Waals surface area (Å²) in [7, 11) is 0. The van der Waals surface area contributed by atoms with E-state index >= 15 is 0 Å². The summed E-state index contributed by atoms with van der Waals surface area (Å²) in [6.07, 6.45) is 1.15. The van der Waals surface area contributed by atoms with Gasteiger partial charge in [-0.05, 0) is 49.1 Å². The Morgan fingerprint density at radius 2 is 1.61 bits per heavy atom. The number of rotatable bonds is 8. The monoisotopic (exact) mass is 421 g/mol. The lowest BCUT2D eigenvalue weighted by molar-refractivity contribution is -0.120. The number of imide groups is 1. The molecule has 162 valence electrons. The van der Waals surface area contributed by atoms with E-state index in [2.05, 4.69) is 10.6 Å². The molecular weight excluding hydrogens is 394 g/mol. The number of benzene rings is 2. The van der Waals surface area contributed by atoms with Gasteiger partial charge in [-0.25, -0.2) is 0 Å². The summed E-state index contributed by atoms with van der Waals surface area (Å²) in [5.41, 5.74) is 1.47. The van der Waals surface area contributed by atoms with Crippen molar-refractivity contribution in [3.63, 3.8) is 0 Å². The number of nitrogens with zero attached hydrogens (tertiary/aromatic N) is 1. The summed E-state index contributed by atoms with van der Waals surface area (Å²) >= 11 is 0. The van der Waals surface area contributed by atoms with Gasteiger partial charge in [-0.2, -0.15) is 0 Å². The fourth-order valence-electron chi connectivity index (χ4n) is 3.57. The Bertz CT molecular complexity index is 980. The SMILES string of the molecule is CCCNC(=O)c1cccc(NC(=O)[C@H](CC(C)C)N2C(=O)c3ccccc3C2=O)c1. The molecule has 0 spiro atoms. The van der Waals surface area contributed by atoms with Gasteiger partial charge in [0.25, 0.3) is 17.7 Å². The number of fused-ring (bicyclic) bond motifs is 1. The lowest BCUT2D eigenvalue weighted by Crippen LogP contribution is -2.48. The number of anilines is 1. The van der Waals surface area contributed by atoms with Gasteiger partial charge in [0, 0.05) is 17.8 Å². The molecule has 0 aromatic heterocycles. The van der Waals surface area contributed by atoms with Crippen molar-refractivity contribution in [1.82, 2.24) is 10.2 Å². The highest BCUT2D eigenvalue weighted by molar-refractivity contribution is 6.23. The number of nitrogens with one attached hydrogen (secondary N) is 2. The first-order chi connectivity index (χ1) is 14.8. The van der Waals surface area contributed by atoms with Gasteiger partial charge >= 0.3 is 0 Å². The Morgan fingerprint density at radius 1 is 0.968 bits per heavy atom. The third-order valence-corrected chi connectivity index (χ3v) is 5.06. The molecule has 0 aliphatic carbocycles. The molecule has 2 aromatic rings. The Hall–Kier alpha value is -3.48. The van der Waals surface area contributed by atoms with Crippen LogP contribution in [0.3, 0.4) is 0 Å². The summed E-state index contributed by atoms with van der Waals surface area (Å²) in [6.45, 7) is 6.38. The van der Waals surface area contributed by atoms with Gasteiger partial charge < -0.3 is 10.6 Å². The molecule has 4 amide bonds. The summed E-state index contributed by atoms with van der Waals surface area (Å²) in [5, 5.41) is 5.57. The van der Waals surface area contributed by atoms with Crippen LogP contribution in [-0.2, 0) is 4.79 Å². The van der Waals surface area contributed by atoms with Crippen LogP contribution in [0, 0.1) is 5.92 Å². The van der Waals surface area contributed by atoms with Gasteiger partial charge in [0.05, 0.1) is 11.1 Å². The Morgan fingerprint density at radius 3 is 2.19 bits per heavy atom. The minimum atomic E-state index is -0.954. The molecule has 7 heteroatoms. The highest BCUT2D eigenvalue weighted by atomic mass is 16.2. The second kappa shape index (κ2) is 9.55. The lowest BCUT2D eigenvalue weighted by atomic mass is 10.0. The maximum absolute atomic E-state index is 13.2. The standard InChI is InChI=1S/C24H27N3O4/c1-4-12-25-21(28)16-8-7-9-17(14-16)26-22(29)20(13-15(2)3)27-23(30)18-10-5-6-11-19(18)24(27)31/h5-11,14-15,20H,4,12-13H2,1-3H3,(H,25,28)(H,26,29)/t20-/m0/s1. The molecule has 0 unspecified atom stereocenters. The highest BCUT2D eigenvalue weighted by Crippen LogP contribution is 2.27. The number of amides is 4. The Kier molecular flexibility index (Phi) is 6.84. The fourth-order valence-corrected chi connectivity index (χ4v) is 3.57. The molecule has 2 aromatic carbocycles. The van der Waals surface area contributed by atoms with Gasteiger partial charge in [-0.15, -0.1) is 0 Å². The molecule has 0 radical (unpaired) electrons. The number of carbonyl (C=O) groups excluding carboxylic acids is 4. The van der Waals surface area contributed by atoms with Gasteiger partial charge in [-0.1, -0.05) is 39.0 Å². The average molecular weight is 421 g/mol. The molecule has 1 heterocycles. The van der Waals surface area contributed by atoms with Crippen LogP contribution in [0.5, 0.6) is 0 Å². The summed E-state index contributed by atoms with van der Waals surface area (Å²) < 4.78 is 0. The van der Waals surface area contributed by atoms with E-state index in [-0.39, 0.29) is 11.8 Å². The molecule has 0 bridgehead atoms. The van der Waals surface area contributed by atoms with Crippen LogP contribution in [-0.4, -0.2) is 41.1 Å². The quantitative estimate of drug-likeness (QED) is 0.638. The van der Waals surface area contributed by atoms with E-state index in [9.17, 15) is 19.2 Å². The molecule has 0 saturated heterocycles. The zero-order valence-corrected chi connectivity index (χ0v) is 18.0. The Balaban J connectivity index is 1.83. The lowest BCUT2D eigenvalue weighted by Gasteiger charge is -2.26. The van der Waals surface area contributed by atoms with Crippen LogP contribution < -0.4 is 10.6 Å². The summed E-state index contributed by atoms with van der Waals surface area (Å²) in [4.78, 5) is 52.3. The van der Waals surface area contributed by atoms with E-state index in [0.29, 0.717) is 35.3 Å². The van der Waals surface area contributed by atoms with E-state index in [1.165, 1.54) is 0 Å². The minimum absolute atomic E-state index is 0.0752. The van der Waals surface area contributed by atoms with Crippen molar-refractivity contribution in [2.45, 2.75) is 39.7 Å². The van der Waals surface area contributed by atoms with Crippen LogP contribution >= 0.6 is 0 Å². The van der Waals surface area contributed by atoms with E-state index < -0.39 is 23.8 Å². The van der Waals surface area contributed by atoms with E-state index in [0.717, 1.165) is 11.3 Å². The topological polar surface area (TPSA) is 95.6 Å². The molecule has 1 atom stereocenters. The normalized spacial score (nSPS) is 13.9. The molecule has 0 saturated carbocycles. The van der Waals surface area contributed by atoms with Gasteiger partial charge in [0.1, 0.15) is 6.04 Å². The number of carbonyl (C=O) groups is 4. The predicted octanol–water partition coefficient (Wildman–Crippen LogP) is 3.48. The largest absolute Gasteiger partial charge is 0.352 e. The van der Waals surface area contributed by atoms with Crippen LogP contribution in [0.4, 0.5) is 5.69 Å². The van der Waals surface area contributed by atoms with E-state index in [1.54, 1.807) is 48.5 Å². The van der Waals surface area contributed by atoms with Crippen molar-refractivity contribution in [3.05, 3.63) is 65.2 Å². The van der Waals surface area contributed by atoms with Crippen molar-refractivity contribution in [2.75, 3.05) is 11.9 Å². The zero-order chi connectivity index (χ0) is 22.5. The van der Waals surface area contributed by atoms with Gasteiger partial charge in [0.2, 0.25) is 5.91 Å². The molecule has 3 rings (SSSR count). The van der Waals surface area contributed by atoms with Crippen LogP contribution in [0.15, 0.2) is 48.5 Å². The average Bonchev–Trinajstić information content (AvgIpc) is 3.00. The third kappa shape index (κ3) is 4.82. The van der Waals surface area contributed by atoms with Crippen molar-refractivity contribution in [1.29, 1.82) is 0 Å². The summed E-state index contributed by atoms with van der Waals surface area (Å²) in [5.74, 6) is -1.54. The number of hydrogen-bond donors (Lipinski definition) is 2. The highest BCUT2D eigenvalue weighted by Gasteiger charge is 2.42. The Labute approximate surface area is 181 Å². The van der Waals surface area contributed by atoms with Crippen LogP contribution in [0.1, 0.15) is 64.7 Å². The van der Waals surface area contributed by atoms with Crippen LogP contribution in [0.25, 0.3) is 0 Å². The molecular formula is C24H27N3O4. The van der Waals surface area contributed by atoms with Crippen molar-refractivity contribution in [3.8, 4) is 0 Å². The molecule has 1 aliphatic rings. The second-order valence-electron chi connectivity index (χ2n) is 8.00. The molecule has 7 nitrogen and oxygen atoms in total. The first-order valence-electron chi connectivity index (χ1n) is 10.5. The molecule has 1 aliphatic heterocycles. The minimum Gasteiger partial charge on any atom is -0.352 e. The van der Waals surface area contributed by atoms with Crippen molar-refractivity contribution >= 4 is 29.3 Å². The third-order valence-electron chi connectivity index (χ3n) is 5.06. The van der Waals surface area contributed by atoms with E-state index in [4.69, 9.17) is 0 Å². The van der Waals surface area contributed by atoms with Gasteiger partial charge in [0.15, 0.2) is 0 Å². The first-order valence-corrected chi connectivity index (χ1v) is 10.5. The second-order valence-corrected chi connectivity index (χ2v) is 8.00. The zero-order valence-electron chi connectivity index (χ0n) is 18.0. The predicted molar refractivity (Wildman–Crippen MR) is 118 cm³/mol. The van der Waals surface area contributed by atoms with Gasteiger partial charge in [-0.3, -0.25) is 24.1 Å². The van der Waals surface area contributed by atoms with E-state index in [1.807, 2.05) is 20.8 Å². The van der Waals surface area contributed by atoms with Crippen molar-refractivity contribution in [2.24, 2.45) is 5.92 Å². The number of hydrogen-bond acceptors (Lipinski definition) is 4. The first kappa shape index (κ1) is 22.2. The van der Waals surface area contributed by atoms with Crippen molar-refractivity contribution < 1.29 is 19.2 Å². The smallest absolute Gasteiger partial charge is 0.262 e. The maximum Gasteiger partial charge on any atom is 0.262 e. The summed E-state index contributed by atoms with van der Waals surface area (Å²) in [6, 6.07) is 12.2. The molecule has 2 N–H and O–H groups in total.